The molecule has 0 bridgehead atoms. The Balaban J connectivity index is 2.27. The molecule has 14 heavy (non-hydrogen) atoms. The van der Waals surface area contributed by atoms with E-state index in [-0.39, 0.29) is 5.78 Å². The highest BCUT2D eigenvalue weighted by Crippen LogP contribution is 2.23. The van der Waals surface area contributed by atoms with Gasteiger partial charge in [0.25, 0.3) is 0 Å². The first-order chi connectivity index (χ1) is 6.77. The average Bonchev–Trinajstić information content (AvgIpc) is 2.69. The monoisotopic (exact) mass is 250 g/mol. The van der Waals surface area contributed by atoms with Crippen molar-refractivity contribution in [1.82, 2.24) is 0 Å². The lowest BCUT2D eigenvalue weighted by atomic mass is 10.0. The van der Waals surface area contributed by atoms with E-state index in [1.54, 1.807) is 0 Å². The third-order valence-electron chi connectivity index (χ3n) is 2.42. The molecule has 72 valence electrons. The lowest BCUT2D eigenvalue weighted by Crippen LogP contribution is -2.00. The van der Waals surface area contributed by atoms with Gasteiger partial charge in [0.15, 0.2) is 5.78 Å². The fourth-order valence-corrected chi connectivity index (χ4v) is 2.09. The van der Waals surface area contributed by atoms with Crippen molar-refractivity contribution in [2.24, 2.45) is 0 Å². The minimum absolute atomic E-state index is 0.184. The molecule has 0 radical (unpaired) electrons. The fraction of sp³-hybridized carbons (Fsp3) is 0.250. The number of allylic oxidation sites excluding steroid dienone is 2. The molecule has 0 atom stereocenters. The Morgan fingerprint density at radius 3 is 2.86 bits per heavy atom. The largest absolute Gasteiger partial charge is 0.289 e. The summed E-state index contributed by atoms with van der Waals surface area (Å²) in [5, 5.41) is 0. The van der Waals surface area contributed by atoms with Crippen molar-refractivity contribution in [2.45, 2.75) is 19.3 Å². The highest BCUT2D eigenvalue weighted by atomic mass is 79.9. The molecule has 0 heterocycles. The first kappa shape index (κ1) is 9.66. The van der Waals surface area contributed by atoms with Crippen LogP contribution >= 0.6 is 15.9 Å². The standard InChI is InChI=1S/C12H11BrO/c13-11-7-3-6-10(8-11)12(14)9-4-1-2-5-9/h3-4,6-8H,1-2,5H2. The Bertz CT molecular complexity index is 393. The number of Topliss-reactive ketones (excluding diaryl/α,β-unsaturated/α-hetero) is 1. The van der Waals surface area contributed by atoms with Crippen LogP contribution in [0.2, 0.25) is 0 Å². The Hall–Kier alpha value is -0.890. The molecule has 0 aliphatic heterocycles. The molecule has 2 heteroatoms. The molecule has 1 aromatic rings. The van der Waals surface area contributed by atoms with Crippen molar-refractivity contribution >= 4 is 21.7 Å². The Labute approximate surface area is 92.0 Å². The number of hydrogen-bond donors (Lipinski definition) is 0. The Morgan fingerprint density at radius 2 is 2.21 bits per heavy atom. The number of ketones is 1. The van der Waals surface area contributed by atoms with E-state index in [9.17, 15) is 4.79 Å². The third-order valence-corrected chi connectivity index (χ3v) is 2.91. The topological polar surface area (TPSA) is 17.1 Å². The molecule has 1 nitrogen and oxygen atoms in total. The SMILES string of the molecule is O=C(C1=CCCC1)c1cccc(Br)c1. The summed E-state index contributed by atoms with van der Waals surface area (Å²) >= 11 is 3.37. The zero-order valence-corrected chi connectivity index (χ0v) is 9.38. The molecule has 0 saturated heterocycles. The molecule has 0 saturated carbocycles. The Morgan fingerprint density at radius 1 is 1.36 bits per heavy atom. The smallest absolute Gasteiger partial charge is 0.188 e. The van der Waals surface area contributed by atoms with Gasteiger partial charge in [-0.15, -0.1) is 0 Å². The van der Waals surface area contributed by atoms with Crippen LogP contribution in [0.15, 0.2) is 40.4 Å². The molecule has 0 N–H and O–H groups in total. The van der Waals surface area contributed by atoms with Gasteiger partial charge >= 0.3 is 0 Å². The van der Waals surface area contributed by atoms with Crippen LogP contribution < -0.4 is 0 Å². The van der Waals surface area contributed by atoms with Crippen LogP contribution in [0.5, 0.6) is 0 Å². The highest BCUT2D eigenvalue weighted by Gasteiger charge is 2.14. The molecular formula is C12H11BrO. The number of hydrogen-bond acceptors (Lipinski definition) is 1. The number of halogens is 1. The first-order valence-corrected chi connectivity index (χ1v) is 5.56. The van der Waals surface area contributed by atoms with Gasteiger partial charge in [-0.1, -0.05) is 34.1 Å². The van der Waals surface area contributed by atoms with Crippen molar-refractivity contribution in [1.29, 1.82) is 0 Å². The number of rotatable bonds is 2. The molecule has 0 unspecified atom stereocenters. The van der Waals surface area contributed by atoms with Crippen LogP contribution in [0.25, 0.3) is 0 Å². The van der Waals surface area contributed by atoms with E-state index in [4.69, 9.17) is 0 Å². The molecule has 1 aliphatic carbocycles. The lowest BCUT2D eigenvalue weighted by Gasteiger charge is -2.01. The van der Waals surface area contributed by atoms with Crippen molar-refractivity contribution in [2.75, 3.05) is 0 Å². The van der Waals surface area contributed by atoms with E-state index < -0.39 is 0 Å². The number of carbonyl (C=O) groups excluding carboxylic acids is 1. The van der Waals surface area contributed by atoms with Crippen molar-refractivity contribution in [3.63, 3.8) is 0 Å². The summed E-state index contributed by atoms with van der Waals surface area (Å²) in [5.74, 6) is 0.184. The van der Waals surface area contributed by atoms with Gasteiger partial charge in [-0.2, -0.15) is 0 Å². The van der Waals surface area contributed by atoms with Gasteiger partial charge in [0.1, 0.15) is 0 Å². The van der Waals surface area contributed by atoms with Gasteiger partial charge in [0.2, 0.25) is 0 Å². The van der Waals surface area contributed by atoms with Crippen LogP contribution in [0, 0.1) is 0 Å². The molecule has 1 aromatic carbocycles. The van der Waals surface area contributed by atoms with Gasteiger partial charge in [0.05, 0.1) is 0 Å². The van der Waals surface area contributed by atoms with E-state index in [0.717, 1.165) is 34.9 Å². The predicted octanol–water partition coefficient (Wildman–Crippen LogP) is 3.74. The highest BCUT2D eigenvalue weighted by molar-refractivity contribution is 9.10. The normalized spacial score (nSPS) is 15.4. The van der Waals surface area contributed by atoms with Crippen LogP contribution in [-0.2, 0) is 0 Å². The summed E-state index contributed by atoms with van der Waals surface area (Å²) < 4.78 is 0.960. The summed E-state index contributed by atoms with van der Waals surface area (Å²) in [6.45, 7) is 0. The molecular weight excluding hydrogens is 240 g/mol. The molecule has 2 rings (SSSR count). The maximum atomic E-state index is 11.9. The third kappa shape index (κ3) is 1.95. The minimum Gasteiger partial charge on any atom is -0.289 e. The predicted molar refractivity (Wildman–Crippen MR) is 60.4 cm³/mol. The number of benzene rings is 1. The van der Waals surface area contributed by atoms with Crippen LogP contribution in [-0.4, -0.2) is 5.78 Å². The summed E-state index contributed by atoms with van der Waals surface area (Å²) in [6.07, 6.45) is 5.17. The van der Waals surface area contributed by atoms with Gasteiger partial charge < -0.3 is 0 Å². The van der Waals surface area contributed by atoms with E-state index >= 15 is 0 Å². The van der Waals surface area contributed by atoms with E-state index in [1.807, 2.05) is 24.3 Å². The second-order valence-electron chi connectivity index (χ2n) is 3.46. The van der Waals surface area contributed by atoms with Crippen LogP contribution in [0.3, 0.4) is 0 Å². The van der Waals surface area contributed by atoms with Crippen molar-refractivity contribution < 1.29 is 4.79 Å². The van der Waals surface area contributed by atoms with Crippen molar-refractivity contribution in [3.8, 4) is 0 Å². The molecule has 0 spiro atoms. The van der Waals surface area contributed by atoms with E-state index in [1.165, 1.54) is 0 Å². The van der Waals surface area contributed by atoms with E-state index in [0.29, 0.717) is 0 Å². The van der Waals surface area contributed by atoms with Crippen LogP contribution in [0.1, 0.15) is 29.6 Å². The summed E-state index contributed by atoms with van der Waals surface area (Å²) in [4.78, 5) is 11.9. The van der Waals surface area contributed by atoms with Gasteiger partial charge in [-0.05, 0) is 37.0 Å². The molecule has 0 aromatic heterocycles. The summed E-state index contributed by atoms with van der Waals surface area (Å²) in [7, 11) is 0. The maximum absolute atomic E-state index is 11.9. The molecule has 1 aliphatic rings. The second kappa shape index (κ2) is 4.09. The number of carbonyl (C=O) groups is 1. The summed E-state index contributed by atoms with van der Waals surface area (Å²) in [5.41, 5.74) is 1.76. The van der Waals surface area contributed by atoms with Crippen LogP contribution in [0.4, 0.5) is 0 Å². The van der Waals surface area contributed by atoms with Gasteiger partial charge in [-0.25, -0.2) is 0 Å². The van der Waals surface area contributed by atoms with E-state index in [2.05, 4.69) is 22.0 Å². The summed E-state index contributed by atoms with van der Waals surface area (Å²) in [6, 6.07) is 7.57. The quantitative estimate of drug-likeness (QED) is 0.731. The Kier molecular flexibility index (Phi) is 2.82. The first-order valence-electron chi connectivity index (χ1n) is 4.76. The molecule has 0 amide bonds. The fourth-order valence-electron chi connectivity index (χ4n) is 1.69. The zero-order chi connectivity index (χ0) is 9.97. The lowest BCUT2D eigenvalue weighted by molar-refractivity contribution is 0.103. The average molecular weight is 251 g/mol. The van der Waals surface area contributed by atoms with Gasteiger partial charge in [-0.3, -0.25) is 4.79 Å². The molecule has 0 fully saturated rings. The van der Waals surface area contributed by atoms with Crippen molar-refractivity contribution in [3.05, 3.63) is 46.0 Å². The zero-order valence-electron chi connectivity index (χ0n) is 7.79. The minimum atomic E-state index is 0.184. The second-order valence-corrected chi connectivity index (χ2v) is 4.38. The van der Waals surface area contributed by atoms with Gasteiger partial charge in [0, 0.05) is 10.0 Å². The maximum Gasteiger partial charge on any atom is 0.188 e.